The third-order valence-corrected chi connectivity index (χ3v) is 3.47. The number of thiazole rings is 1. The van der Waals surface area contributed by atoms with Gasteiger partial charge in [0.2, 0.25) is 0 Å². The Kier molecular flexibility index (Phi) is 4.12. The van der Waals surface area contributed by atoms with Gasteiger partial charge in [0.25, 0.3) is 0 Å². The number of benzene rings is 1. The molecule has 0 saturated carbocycles. The molecular weight excluding hydrogens is 256 g/mol. The van der Waals surface area contributed by atoms with Gasteiger partial charge in [-0.05, 0) is 13.8 Å². The van der Waals surface area contributed by atoms with Crippen molar-refractivity contribution in [2.24, 2.45) is 5.73 Å². The van der Waals surface area contributed by atoms with Gasteiger partial charge in [0.1, 0.15) is 10.8 Å². The first kappa shape index (κ1) is 13.9. The van der Waals surface area contributed by atoms with E-state index in [4.69, 9.17) is 5.73 Å². The molecule has 0 aliphatic heterocycles. The Morgan fingerprint density at radius 3 is 2.63 bits per heavy atom. The van der Waals surface area contributed by atoms with Crippen LogP contribution in [0.5, 0.6) is 0 Å². The second-order valence-corrected chi connectivity index (χ2v) is 6.32. The van der Waals surface area contributed by atoms with Crippen LogP contribution in [0.25, 0.3) is 11.3 Å². The maximum absolute atomic E-state index is 11.9. The van der Waals surface area contributed by atoms with Crippen molar-refractivity contribution >= 4 is 17.1 Å². The van der Waals surface area contributed by atoms with Crippen LogP contribution in [0.3, 0.4) is 0 Å². The van der Waals surface area contributed by atoms with Crippen molar-refractivity contribution in [2.45, 2.75) is 32.2 Å². The molecule has 0 aliphatic rings. The van der Waals surface area contributed by atoms with Crippen molar-refractivity contribution in [3.05, 3.63) is 40.7 Å². The monoisotopic (exact) mass is 274 g/mol. The third-order valence-electron chi connectivity index (χ3n) is 2.62. The van der Waals surface area contributed by atoms with E-state index in [1.54, 1.807) is 0 Å². The molecule has 0 atom stereocenters. The highest BCUT2D eigenvalue weighted by molar-refractivity contribution is 7.10. The minimum Gasteiger partial charge on any atom is -0.325 e. The molecule has 0 bridgehead atoms. The van der Waals surface area contributed by atoms with E-state index in [-0.39, 0.29) is 5.78 Å². The van der Waals surface area contributed by atoms with E-state index in [2.05, 4.69) is 4.98 Å². The van der Waals surface area contributed by atoms with E-state index in [0.717, 1.165) is 16.3 Å². The minimum absolute atomic E-state index is 0.140. The maximum atomic E-state index is 11.9. The van der Waals surface area contributed by atoms with Crippen LogP contribution in [0.15, 0.2) is 35.7 Å². The topological polar surface area (TPSA) is 56.0 Å². The molecule has 1 aromatic carbocycles. The van der Waals surface area contributed by atoms with Crippen molar-refractivity contribution < 1.29 is 4.79 Å². The zero-order valence-electron chi connectivity index (χ0n) is 11.2. The lowest BCUT2D eigenvalue weighted by molar-refractivity contribution is -0.119. The summed E-state index contributed by atoms with van der Waals surface area (Å²) in [5, 5.41) is 2.85. The minimum atomic E-state index is -0.448. The normalized spacial score (nSPS) is 11.5. The Labute approximate surface area is 117 Å². The molecule has 2 rings (SSSR count). The van der Waals surface area contributed by atoms with Gasteiger partial charge >= 0.3 is 0 Å². The van der Waals surface area contributed by atoms with Gasteiger partial charge in [-0.25, -0.2) is 4.98 Å². The summed E-state index contributed by atoms with van der Waals surface area (Å²) in [6, 6.07) is 9.98. The van der Waals surface area contributed by atoms with E-state index in [1.807, 2.05) is 49.6 Å². The molecule has 3 nitrogen and oxygen atoms in total. The zero-order chi connectivity index (χ0) is 13.9. The number of nitrogens with zero attached hydrogens (tertiary/aromatic N) is 1. The summed E-state index contributed by atoms with van der Waals surface area (Å²) < 4.78 is 0. The molecule has 2 aromatic rings. The van der Waals surface area contributed by atoms with Gasteiger partial charge in [0.05, 0.1) is 12.1 Å². The standard InChI is InChI=1S/C15H18N2OS/c1-15(2,16)9-12(18)8-14-17-13(10-19-14)11-6-4-3-5-7-11/h3-7,10H,8-9,16H2,1-2H3. The summed E-state index contributed by atoms with van der Waals surface area (Å²) in [5.41, 5.74) is 7.41. The quantitative estimate of drug-likeness (QED) is 0.911. The predicted molar refractivity (Wildman–Crippen MR) is 79.1 cm³/mol. The van der Waals surface area contributed by atoms with Crippen molar-refractivity contribution in [3.63, 3.8) is 0 Å². The Morgan fingerprint density at radius 1 is 1.32 bits per heavy atom. The first-order valence-electron chi connectivity index (χ1n) is 6.24. The number of hydrogen-bond acceptors (Lipinski definition) is 4. The van der Waals surface area contributed by atoms with Crippen molar-refractivity contribution in [2.75, 3.05) is 0 Å². The highest BCUT2D eigenvalue weighted by Gasteiger charge is 2.17. The first-order chi connectivity index (χ1) is 8.94. The highest BCUT2D eigenvalue weighted by Crippen LogP contribution is 2.22. The lowest BCUT2D eigenvalue weighted by atomic mass is 9.98. The second kappa shape index (κ2) is 5.63. The largest absolute Gasteiger partial charge is 0.325 e. The predicted octanol–water partition coefficient (Wildman–Crippen LogP) is 3.05. The van der Waals surface area contributed by atoms with Crippen molar-refractivity contribution in [1.29, 1.82) is 0 Å². The molecular formula is C15H18N2OS. The van der Waals surface area contributed by atoms with Crippen LogP contribution in [0.1, 0.15) is 25.3 Å². The van der Waals surface area contributed by atoms with E-state index < -0.39 is 5.54 Å². The molecule has 0 fully saturated rings. The Balaban J connectivity index is 2.04. The molecule has 0 aliphatic carbocycles. The number of rotatable bonds is 5. The van der Waals surface area contributed by atoms with E-state index >= 15 is 0 Å². The molecule has 0 spiro atoms. The summed E-state index contributed by atoms with van der Waals surface area (Å²) in [6.45, 7) is 3.73. The number of carbonyl (C=O) groups excluding carboxylic acids is 1. The van der Waals surface area contributed by atoms with Gasteiger partial charge in [-0.15, -0.1) is 11.3 Å². The zero-order valence-corrected chi connectivity index (χ0v) is 12.0. The van der Waals surface area contributed by atoms with Crippen molar-refractivity contribution in [3.8, 4) is 11.3 Å². The smallest absolute Gasteiger partial charge is 0.141 e. The fourth-order valence-corrected chi connectivity index (χ4v) is 2.70. The summed E-state index contributed by atoms with van der Waals surface area (Å²) in [4.78, 5) is 16.4. The number of Topliss-reactive ketones (excluding diaryl/α,β-unsaturated/α-hetero) is 1. The molecule has 0 amide bonds. The highest BCUT2D eigenvalue weighted by atomic mass is 32.1. The summed E-state index contributed by atoms with van der Waals surface area (Å²) in [6.07, 6.45) is 0.755. The average Bonchev–Trinajstić information content (AvgIpc) is 2.76. The van der Waals surface area contributed by atoms with Crippen LogP contribution < -0.4 is 5.73 Å². The van der Waals surface area contributed by atoms with Gasteiger partial charge < -0.3 is 5.73 Å². The number of aromatic nitrogens is 1. The van der Waals surface area contributed by atoms with E-state index in [0.29, 0.717) is 12.8 Å². The van der Waals surface area contributed by atoms with Gasteiger partial charge in [-0.2, -0.15) is 0 Å². The Morgan fingerprint density at radius 2 is 2.00 bits per heavy atom. The second-order valence-electron chi connectivity index (χ2n) is 5.37. The van der Waals surface area contributed by atoms with Gasteiger partial charge in [0.15, 0.2) is 0 Å². The average molecular weight is 274 g/mol. The van der Waals surface area contributed by atoms with Crippen LogP contribution in [-0.2, 0) is 11.2 Å². The SMILES string of the molecule is CC(C)(N)CC(=O)Cc1nc(-c2ccccc2)cs1. The lowest BCUT2D eigenvalue weighted by Crippen LogP contribution is -2.35. The summed E-state index contributed by atoms with van der Waals surface area (Å²) in [7, 11) is 0. The van der Waals surface area contributed by atoms with Gasteiger partial charge in [-0.1, -0.05) is 30.3 Å². The molecule has 0 radical (unpaired) electrons. The molecule has 0 saturated heterocycles. The van der Waals surface area contributed by atoms with Crippen molar-refractivity contribution in [1.82, 2.24) is 4.98 Å². The Bertz CT molecular complexity index is 555. The number of carbonyl (C=O) groups is 1. The van der Waals surface area contributed by atoms with Crippen LogP contribution in [0, 0.1) is 0 Å². The lowest BCUT2D eigenvalue weighted by Gasteiger charge is -2.16. The third kappa shape index (κ3) is 4.26. The number of nitrogens with two attached hydrogens (primary N) is 1. The molecule has 1 heterocycles. The molecule has 0 unspecified atom stereocenters. The van der Waals surface area contributed by atoms with Gasteiger partial charge in [0, 0.05) is 22.9 Å². The van der Waals surface area contributed by atoms with Crippen LogP contribution in [0.4, 0.5) is 0 Å². The van der Waals surface area contributed by atoms with Crippen LogP contribution >= 0.6 is 11.3 Å². The molecule has 4 heteroatoms. The summed E-state index contributed by atoms with van der Waals surface area (Å²) in [5.74, 6) is 0.140. The Hall–Kier alpha value is -1.52. The number of hydrogen-bond donors (Lipinski definition) is 1. The molecule has 100 valence electrons. The molecule has 2 N–H and O–H groups in total. The van der Waals surface area contributed by atoms with Crippen LogP contribution in [0.2, 0.25) is 0 Å². The van der Waals surface area contributed by atoms with Crippen LogP contribution in [-0.4, -0.2) is 16.3 Å². The molecule has 1 aromatic heterocycles. The molecule has 19 heavy (non-hydrogen) atoms. The maximum Gasteiger partial charge on any atom is 0.141 e. The fourth-order valence-electron chi connectivity index (χ4n) is 1.87. The number of ketones is 1. The van der Waals surface area contributed by atoms with E-state index in [9.17, 15) is 4.79 Å². The summed E-state index contributed by atoms with van der Waals surface area (Å²) >= 11 is 1.53. The fraction of sp³-hybridized carbons (Fsp3) is 0.333. The van der Waals surface area contributed by atoms with E-state index in [1.165, 1.54) is 11.3 Å². The first-order valence-corrected chi connectivity index (χ1v) is 7.12. The van der Waals surface area contributed by atoms with Gasteiger partial charge in [-0.3, -0.25) is 4.79 Å².